The maximum Gasteiger partial charge on any atom is 0.407 e. The normalized spacial score (nSPS) is 27.5. The van der Waals surface area contributed by atoms with E-state index < -0.39 is 23.9 Å². The van der Waals surface area contributed by atoms with Crippen LogP contribution in [0.25, 0.3) is 0 Å². The third kappa shape index (κ3) is 4.84. The van der Waals surface area contributed by atoms with Crippen molar-refractivity contribution >= 4 is 6.09 Å². The Bertz CT molecular complexity index is 515. The number of aliphatic hydroxyl groups is 1. The fourth-order valence-electron chi connectivity index (χ4n) is 2.78. The molecule has 0 heterocycles. The van der Waals surface area contributed by atoms with Crippen LogP contribution in [0.1, 0.15) is 27.2 Å². The van der Waals surface area contributed by atoms with Crippen molar-refractivity contribution < 1.29 is 19.4 Å². The average Bonchev–Trinajstić information content (AvgIpc) is 2.73. The van der Waals surface area contributed by atoms with Crippen molar-refractivity contribution in [3.8, 4) is 5.75 Å². The van der Waals surface area contributed by atoms with Crippen molar-refractivity contribution in [1.82, 2.24) is 10.6 Å². The number of ether oxygens (including phenoxy) is 2. The number of benzene rings is 1. The Hall–Kier alpha value is -1.79. The minimum Gasteiger partial charge on any atom is -0.488 e. The number of rotatable bonds is 4. The molecular formula is C17H26N2O4. The monoisotopic (exact) mass is 322 g/mol. The highest BCUT2D eigenvalue weighted by atomic mass is 16.6. The standard InChI is InChI=1S/C17H26N2O4/c1-17(2,3)23-16(21)19-12-10-13(15(20)14(12)18-4)22-11-8-6-5-7-9-11/h5-9,12-15,18,20H,10H2,1-4H3,(H,19,21)/t12-,13-,14+,15+/m1/s1. The van der Waals surface area contributed by atoms with Crippen LogP contribution in [0.15, 0.2) is 30.3 Å². The highest BCUT2D eigenvalue weighted by Gasteiger charge is 2.44. The predicted octanol–water partition coefficient (Wildman–Crippen LogP) is 1.68. The lowest BCUT2D eigenvalue weighted by molar-refractivity contribution is 0.0439. The lowest BCUT2D eigenvalue weighted by Crippen LogP contribution is -2.51. The summed E-state index contributed by atoms with van der Waals surface area (Å²) in [7, 11) is 1.75. The maximum absolute atomic E-state index is 12.0. The van der Waals surface area contributed by atoms with Crippen molar-refractivity contribution in [3.63, 3.8) is 0 Å². The Labute approximate surface area is 137 Å². The summed E-state index contributed by atoms with van der Waals surface area (Å²) in [5, 5.41) is 16.3. The van der Waals surface area contributed by atoms with Gasteiger partial charge in [0.1, 0.15) is 23.6 Å². The first-order chi connectivity index (χ1) is 10.8. The van der Waals surface area contributed by atoms with E-state index in [-0.39, 0.29) is 12.1 Å². The second-order valence-corrected chi connectivity index (χ2v) is 6.76. The number of hydrogen-bond donors (Lipinski definition) is 3. The van der Waals surface area contributed by atoms with E-state index in [4.69, 9.17) is 9.47 Å². The Morgan fingerprint density at radius 3 is 2.48 bits per heavy atom. The van der Waals surface area contributed by atoms with Crippen LogP contribution in [0.3, 0.4) is 0 Å². The number of carbonyl (C=O) groups excluding carboxylic acids is 1. The van der Waals surface area contributed by atoms with Gasteiger partial charge < -0.3 is 25.2 Å². The van der Waals surface area contributed by atoms with Gasteiger partial charge in [-0.1, -0.05) is 18.2 Å². The van der Waals surface area contributed by atoms with E-state index >= 15 is 0 Å². The van der Waals surface area contributed by atoms with Gasteiger partial charge in [0.05, 0.1) is 12.1 Å². The van der Waals surface area contributed by atoms with Gasteiger partial charge >= 0.3 is 6.09 Å². The molecule has 4 atom stereocenters. The second kappa shape index (κ2) is 7.19. The van der Waals surface area contributed by atoms with Gasteiger partial charge in [0.15, 0.2) is 0 Å². The van der Waals surface area contributed by atoms with Gasteiger partial charge in [0.2, 0.25) is 0 Å². The second-order valence-electron chi connectivity index (χ2n) is 6.76. The van der Waals surface area contributed by atoms with E-state index in [9.17, 15) is 9.90 Å². The van der Waals surface area contributed by atoms with E-state index in [0.29, 0.717) is 12.2 Å². The molecule has 3 N–H and O–H groups in total. The number of likely N-dealkylation sites (N-methyl/N-ethyl adjacent to an activating group) is 1. The molecule has 128 valence electrons. The molecule has 0 aromatic heterocycles. The summed E-state index contributed by atoms with van der Waals surface area (Å²) >= 11 is 0. The smallest absolute Gasteiger partial charge is 0.407 e. The Morgan fingerprint density at radius 1 is 1.26 bits per heavy atom. The number of amides is 1. The molecule has 0 radical (unpaired) electrons. The molecule has 0 saturated heterocycles. The third-order valence-electron chi connectivity index (χ3n) is 3.73. The molecule has 1 aromatic carbocycles. The van der Waals surface area contributed by atoms with E-state index in [2.05, 4.69) is 10.6 Å². The Morgan fingerprint density at radius 2 is 1.91 bits per heavy atom. The highest BCUT2D eigenvalue weighted by Crippen LogP contribution is 2.26. The minimum atomic E-state index is -0.722. The highest BCUT2D eigenvalue weighted by molar-refractivity contribution is 5.68. The van der Waals surface area contributed by atoms with Gasteiger partial charge in [0, 0.05) is 6.42 Å². The molecule has 0 unspecified atom stereocenters. The fourth-order valence-corrected chi connectivity index (χ4v) is 2.78. The molecule has 1 amide bonds. The zero-order chi connectivity index (χ0) is 17.0. The van der Waals surface area contributed by atoms with Crippen molar-refractivity contribution in [2.24, 2.45) is 0 Å². The molecule has 1 aromatic rings. The molecule has 0 bridgehead atoms. The summed E-state index contributed by atoms with van der Waals surface area (Å²) in [5.74, 6) is 0.698. The first-order valence-electron chi connectivity index (χ1n) is 7.86. The number of alkyl carbamates (subject to hydrolysis) is 1. The summed E-state index contributed by atoms with van der Waals surface area (Å²) in [5.41, 5.74) is -0.559. The molecule has 1 fully saturated rings. The van der Waals surface area contributed by atoms with Crippen molar-refractivity contribution in [3.05, 3.63) is 30.3 Å². The molecule has 1 aliphatic carbocycles. The van der Waals surface area contributed by atoms with Crippen LogP contribution in [0.5, 0.6) is 5.75 Å². The quantitative estimate of drug-likeness (QED) is 0.786. The number of hydrogen-bond acceptors (Lipinski definition) is 5. The number of carbonyl (C=O) groups is 1. The van der Waals surface area contributed by atoms with Crippen molar-refractivity contribution in [2.45, 2.75) is 57.1 Å². The van der Waals surface area contributed by atoms with Crippen LogP contribution < -0.4 is 15.4 Å². The molecular weight excluding hydrogens is 296 g/mol. The predicted molar refractivity (Wildman–Crippen MR) is 87.5 cm³/mol. The van der Waals surface area contributed by atoms with Gasteiger partial charge in [-0.2, -0.15) is 0 Å². The van der Waals surface area contributed by atoms with Gasteiger partial charge in [-0.3, -0.25) is 0 Å². The lowest BCUT2D eigenvalue weighted by Gasteiger charge is -2.25. The van der Waals surface area contributed by atoms with Crippen molar-refractivity contribution in [1.29, 1.82) is 0 Å². The van der Waals surface area contributed by atoms with Gasteiger partial charge in [0.25, 0.3) is 0 Å². The Kier molecular flexibility index (Phi) is 5.49. The van der Waals surface area contributed by atoms with Crippen LogP contribution in [0.2, 0.25) is 0 Å². The number of para-hydroxylation sites is 1. The van der Waals surface area contributed by atoms with Crippen molar-refractivity contribution in [2.75, 3.05) is 7.05 Å². The maximum atomic E-state index is 12.0. The van der Waals surface area contributed by atoms with E-state index in [1.165, 1.54) is 0 Å². The third-order valence-corrected chi connectivity index (χ3v) is 3.73. The van der Waals surface area contributed by atoms with Crippen LogP contribution in [-0.4, -0.2) is 48.1 Å². The van der Waals surface area contributed by atoms with Crippen LogP contribution >= 0.6 is 0 Å². The molecule has 2 rings (SSSR count). The largest absolute Gasteiger partial charge is 0.488 e. The summed E-state index contributed by atoms with van der Waals surface area (Å²) in [6.07, 6.45) is -1.11. The molecule has 1 aliphatic rings. The summed E-state index contributed by atoms with van der Waals surface area (Å²) < 4.78 is 11.1. The fraction of sp³-hybridized carbons (Fsp3) is 0.588. The number of aliphatic hydroxyl groups excluding tert-OH is 1. The molecule has 1 saturated carbocycles. The SMILES string of the molecule is CN[C@@H]1[C@@H](O)[C@H](Oc2ccccc2)C[C@H]1NC(=O)OC(C)(C)C. The van der Waals surface area contributed by atoms with E-state index in [1.54, 1.807) is 7.05 Å². The first-order valence-corrected chi connectivity index (χ1v) is 7.86. The summed E-state index contributed by atoms with van der Waals surface area (Å²) in [6.45, 7) is 5.44. The zero-order valence-electron chi connectivity index (χ0n) is 14.1. The summed E-state index contributed by atoms with van der Waals surface area (Å²) in [6, 6.07) is 8.78. The van der Waals surface area contributed by atoms with Crippen LogP contribution in [0.4, 0.5) is 4.79 Å². The van der Waals surface area contributed by atoms with E-state index in [1.807, 2.05) is 51.1 Å². The van der Waals surface area contributed by atoms with Gasteiger partial charge in [-0.05, 0) is 40.0 Å². The first kappa shape index (κ1) is 17.6. The zero-order valence-corrected chi connectivity index (χ0v) is 14.1. The molecule has 0 spiro atoms. The molecule has 0 aliphatic heterocycles. The Balaban J connectivity index is 1.99. The average molecular weight is 322 g/mol. The topological polar surface area (TPSA) is 79.8 Å². The minimum absolute atomic E-state index is 0.265. The molecule has 6 nitrogen and oxygen atoms in total. The molecule has 6 heteroatoms. The number of nitrogens with one attached hydrogen (secondary N) is 2. The van der Waals surface area contributed by atoms with Crippen LogP contribution in [0, 0.1) is 0 Å². The lowest BCUT2D eigenvalue weighted by atomic mass is 10.1. The summed E-state index contributed by atoms with van der Waals surface area (Å²) in [4.78, 5) is 12.0. The van der Waals surface area contributed by atoms with Gasteiger partial charge in [-0.15, -0.1) is 0 Å². The molecule has 23 heavy (non-hydrogen) atoms. The van der Waals surface area contributed by atoms with E-state index in [0.717, 1.165) is 0 Å². The van der Waals surface area contributed by atoms with Gasteiger partial charge in [-0.25, -0.2) is 4.79 Å². The van der Waals surface area contributed by atoms with Crippen LogP contribution in [-0.2, 0) is 4.74 Å².